The maximum absolute atomic E-state index is 17.6. The number of Topliss-reactive ketones (excluding diaryl/α,β-unsaturated/α-hetero) is 1. The van der Waals surface area contributed by atoms with Gasteiger partial charge in [0, 0.05) is 30.7 Å². The number of benzene rings is 1. The van der Waals surface area contributed by atoms with Crippen LogP contribution in [-0.4, -0.2) is 93.3 Å². The fourth-order valence-electron chi connectivity index (χ4n) is 11.2. The molecule has 0 aromatic heterocycles. The Kier molecular flexibility index (Phi) is 11.4. The Morgan fingerprint density at radius 2 is 1.72 bits per heavy atom. The number of hydrogen-bond donors (Lipinski definition) is 4. The molecule has 4 N–H and O–H groups in total. The molecule has 0 radical (unpaired) electrons. The molecule has 1 saturated heterocycles. The maximum atomic E-state index is 17.6. The van der Waals surface area contributed by atoms with Crippen LogP contribution in [0.15, 0.2) is 42.0 Å². The summed E-state index contributed by atoms with van der Waals surface area (Å²) in [6.07, 6.45) is 7.68. The van der Waals surface area contributed by atoms with Crippen molar-refractivity contribution < 1.29 is 52.9 Å². The molecule has 7 rings (SSSR count). The predicted molar refractivity (Wildman–Crippen MR) is 207 cm³/mol. The van der Waals surface area contributed by atoms with Gasteiger partial charge in [-0.05, 0) is 93.4 Å². The average molecular weight is 804 g/mol. The summed E-state index contributed by atoms with van der Waals surface area (Å²) in [4.78, 5) is 89.9. The molecular weight excluding hydrogens is 749 g/mol. The Morgan fingerprint density at radius 3 is 2.48 bits per heavy atom. The number of aliphatic hydroxyl groups is 2. The van der Waals surface area contributed by atoms with E-state index in [1.165, 1.54) is 30.4 Å². The molecule has 13 nitrogen and oxygen atoms in total. The summed E-state index contributed by atoms with van der Waals surface area (Å²) in [6.45, 7) is 5.68. The summed E-state index contributed by atoms with van der Waals surface area (Å²) >= 11 is 0. The highest BCUT2D eigenvalue weighted by molar-refractivity contribution is 6.24. The molecule has 4 aliphatic carbocycles. The average Bonchev–Trinajstić information content (AvgIpc) is 3.43. The number of carbonyl (C=O) groups excluding carboxylic acids is 7. The van der Waals surface area contributed by atoms with Gasteiger partial charge in [0.2, 0.25) is 17.7 Å². The van der Waals surface area contributed by atoms with Gasteiger partial charge in [0.25, 0.3) is 11.8 Å². The van der Waals surface area contributed by atoms with E-state index >= 15 is 4.39 Å². The van der Waals surface area contributed by atoms with Crippen LogP contribution < -0.4 is 15.4 Å². The molecule has 2 heterocycles. The number of rotatable bonds is 13. The number of hydrogen-bond acceptors (Lipinski definition) is 10. The highest BCUT2D eigenvalue weighted by atomic mass is 19.1. The first kappa shape index (κ1) is 41.6. The van der Waals surface area contributed by atoms with Gasteiger partial charge < -0.3 is 20.3 Å². The van der Waals surface area contributed by atoms with Crippen LogP contribution in [0.2, 0.25) is 0 Å². The molecule has 2 aliphatic heterocycles. The lowest BCUT2D eigenvalue weighted by atomic mass is 9.40. The van der Waals surface area contributed by atoms with Gasteiger partial charge in [-0.15, -0.1) is 0 Å². The Labute approximate surface area is 337 Å². The second-order valence-electron chi connectivity index (χ2n) is 17.8. The number of ether oxygens (including phenoxy) is 1. The van der Waals surface area contributed by atoms with Crippen LogP contribution in [0.1, 0.15) is 119 Å². The number of ketones is 2. The van der Waals surface area contributed by atoms with Gasteiger partial charge in [0.15, 0.2) is 17.2 Å². The van der Waals surface area contributed by atoms with E-state index in [1.54, 1.807) is 13.0 Å². The van der Waals surface area contributed by atoms with Gasteiger partial charge in [0.1, 0.15) is 18.4 Å². The van der Waals surface area contributed by atoms with Crippen molar-refractivity contribution in [1.82, 2.24) is 15.5 Å². The highest BCUT2D eigenvalue weighted by Gasteiger charge is 2.71. The molecule has 5 amide bonds. The molecule has 0 spiro atoms. The first-order valence-electron chi connectivity index (χ1n) is 20.8. The zero-order valence-corrected chi connectivity index (χ0v) is 33.4. The Hall–Kier alpha value is -4.56. The van der Waals surface area contributed by atoms with E-state index in [0.717, 1.165) is 24.2 Å². The predicted octanol–water partition coefficient (Wildman–Crippen LogP) is 4.09. The highest BCUT2D eigenvalue weighted by Crippen LogP contribution is 2.68. The second-order valence-corrected chi connectivity index (χ2v) is 17.8. The molecule has 14 heteroatoms. The lowest BCUT2D eigenvalue weighted by molar-refractivity contribution is -0.233. The van der Waals surface area contributed by atoms with E-state index in [-0.39, 0.29) is 78.5 Å². The lowest BCUT2D eigenvalue weighted by Crippen LogP contribution is -2.70. The third-order valence-corrected chi connectivity index (χ3v) is 14.4. The minimum atomic E-state index is -2.01. The van der Waals surface area contributed by atoms with Crippen molar-refractivity contribution in [3.05, 3.63) is 53.1 Å². The van der Waals surface area contributed by atoms with Crippen molar-refractivity contribution in [3.63, 3.8) is 0 Å². The summed E-state index contributed by atoms with van der Waals surface area (Å²) in [6, 6.07) is 3.38. The van der Waals surface area contributed by atoms with E-state index in [1.807, 2.05) is 13.8 Å². The van der Waals surface area contributed by atoms with Crippen molar-refractivity contribution in [3.8, 4) is 5.75 Å². The van der Waals surface area contributed by atoms with E-state index in [9.17, 15) is 43.8 Å². The summed E-state index contributed by atoms with van der Waals surface area (Å²) in [5, 5.41) is 28.2. The van der Waals surface area contributed by atoms with Crippen molar-refractivity contribution in [2.45, 2.75) is 122 Å². The first-order valence-corrected chi connectivity index (χ1v) is 20.8. The number of fused-ring (bicyclic) bond motifs is 6. The van der Waals surface area contributed by atoms with Gasteiger partial charge in [-0.3, -0.25) is 43.8 Å². The first-order chi connectivity index (χ1) is 27.5. The smallest absolute Gasteiger partial charge is 0.266 e. The van der Waals surface area contributed by atoms with Crippen LogP contribution in [-0.2, 0) is 24.0 Å². The molecule has 6 aliphatic rings. The van der Waals surface area contributed by atoms with E-state index in [0.29, 0.717) is 44.2 Å². The SMILES string of the molecule is C[C@@H]1C[C@H]2[C@@H]3CCC4=CC(=O)C=C[C@]4(C)[C@@]3(F)[C@@H](O)C[C@]2(C)[C@@H](C(=O)NCCCCCCCC(=O)COc2cccc3c2C(=O)N(C2CCC(=O)NC2=O)C3=O)[C@@H]1O. The zero-order chi connectivity index (χ0) is 41.7. The molecule has 58 heavy (non-hydrogen) atoms. The Bertz CT molecular complexity index is 1980. The summed E-state index contributed by atoms with van der Waals surface area (Å²) in [7, 11) is 0. The summed E-state index contributed by atoms with van der Waals surface area (Å²) in [5.74, 6) is -4.97. The molecule has 4 fully saturated rings. The maximum Gasteiger partial charge on any atom is 0.266 e. The molecule has 10 atom stereocenters. The third kappa shape index (κ3) is 6.93. The van der Waals surface area contributed by atoms with Gasteiger partial charge in [-0.1, -0.05) is 50.8 Å². The number of nitrogens with one attached hydrogen (secondary N) is 2. The molecule has 1 aromatic carbocycles. The second kappa shape index (κ2) is 15.9. The molecule has 1 aromatic rings. The van der Waals surface area contributed by atoms with Crippen LogP contribution in [0.3, 0.4) is 0 Å². The number of nitrogens with zero attached hydrogens (tertiary/aromatic N) is 1. The van der Waals surface area contributed by atoms with Crippen molar-refractivity contribution in [2.24, 2.45) is 34.5 Å². The number of piperidine rings is 1. The Balaban J connectivity index is 0.854. The number of imide groups is 2. The number of allylic oxidation sites excluding steroid dienone is 4. The Morgan fingerprint density at radius 1 is 0.983 bits per heavy atom. The molecular formula is C44H54FN3O10. The van der Waals surface area contributed by atoms with Crippen LogP contribution in [0.4, 0.5) is 4.39 Å². The normalized spacial score (nSPS) is 35.3. The monoisotopic (exact) mass is 803 g/mol. The van der Waals surface area contributed by atoms with Crippen molar-refractivity contribution >= 4 is 41.1 Å². The summed E-state index contributed by atoms with van der Waals surface area (Å²) in [5.41, 5.74) is -3.20. The quantitative estimate of drug-likeness (QED) is 0.167. The third-order valence-electron chi connectivity index (χ3n) is 14.4. The van der Waals surface area contributed by atoms with Crippen LogP contribution in [0, 0.1) is 34.5 Å². The lowest BCUT2D eigenvalue weighted by Gasteiger charge is -2.66. The number of halogens is 1. The number of unbranched alkanes of at least 4 members (excludes halogenated alkanes) is 4. The van der Waals surface area contributed by atoms with Gasteiger partial charge in [-0.25, -0.2) is 4.39 Å². The van der Waals surface area contributed by atoms with Crippen molar-refractivity contribution in [1.29, 1.82) is 0 Å². The van der Waals surface area contributed by atoms with Gasteiger partial charge in [-0.2, -0.15) is 0 Å². The standard InChI is InChI=1S/C44H54FN3O10/c1-24-20-30-29-14-13-25-21-26(49)17-18-43(25,3)44(29,45)33(51)22-42(30,2)36(37(24)53)39(55)46-19-8-6-4-5-7-10-27(50)23-58-32-12-9-11-28-35(32)41(57)48(40(28)56)31-15-16-34(52)47-38(31)54/h9,11-12,17-18,21,24,29-31,33,36-37,51,53H,4-8,10,13-16,19-20,22-23H2,1-3H3,(H,46,55)(H,47,52,54)/t24-,29+,30+,31?,33+,36-,37-,42+,43+,44+/m1/s1. The number of alkyl halides is 1. The number of carbonyl (C=O) groups is 7. The topological polar surface area (TPSA) is 196 Å². The number of amides is 5. The van der Waals surface area contributed by atoms with Gasteiger partial charge in [0.05, 0.1) is 29.3 Å². The fraction of sp³-hybridized carbons (Fsp3) is 0.614. The van der Waals surface area contributed by atoms with E-state index in [4.69, 9.17) is 4.74 Å². The van der Waals surface area contributed by atoms with Gasteiger partial charge >= 0.3 is 0 Å². The van der Waals surface area contributed by atoms with Crippen LogP contribution in [0.5, 0.6) is 5.75 Å². The van der Waals surface area contributed by atoms with E-state index in [2.05, 4.69) is 10.6 Å². The van der Waals surface area contributed by atoms with Crippen LogP contribution in [0.25, 0.3) is 0 Å². The fourth-order valence-corrected chi connectivity index (χ4v) is 11.2. The zero-order valence-electron chi connectivity index (χ0n) is 33.4. The molecule has 3 saturated carbocycles. The molecule has 1 unspecified atom stereocenters. The van der Waals surface area contributed by atoms with Crippen LogP contribution >= 0.6 is 0 Å². The van der Waals surface area contributed by atoms with E-state index < -0.39 is 70.2 Å². The molecule has 312 valence electrons. The minimum Gasteiger partial charge on any atom is -0.485 e. The van der Waals surface area contributed by atoms with Crippen molar-refractivity contribution in [2.75, 3.05) is 13.2 Å². The minimum absolute atomic E-state index is 0.00409. The number of aliphatic hydroxyl groups excluding tert-OH is 2. The largest absolute Gasteiger partial charge is 0.485 e. The summed E-state index contributed by atoms with van der Waals surface area (Å²) < 4.78 is 23.3. The molecule has 0 bridgehead atoms.